The molecular formula is C18H25NO3. The van der Waals surface area contributed by atoms with E-state index in [1.165, 1.54) is 20.0 Å². The molecule has 1 aromatic carbocycles. The molecule has 1 N–H and O–H groups in total. The maximum atomic E-state index is 12.2. The highest BCUT2D eigenvalue weighted by Crippen LogP contribution is 2.28. The van der Waals surface area contributed by atoms with E-state index in [9.17, 15) is 9.90 Å². The van der Waals surface area contributed by atoms with E-state index in [0.717, 1.165) is 35.7 Å². The molecule has 22 heavy (non-hydrogen) atoms. The van der Waals surface area contributed by atoms with E-state index in [2.05, 4.69) is 6.92 Å². The maximum absolute atomic E-state index is 12.2. The summed E-state index contributed by atoms with van der Waals surface area (Å²) in [5.41, 5.74) is 1.82. The van der Waals surface area contributed by atoms with E-state index < -0.39 is 0 Å². The third-order valence-electron chi connectivity index (χ3n) is 4.13. The summed E-state index contributed by atoms with van der Waals surface area (Å²) in [6.07, 6.45) is 7.11. The van der Waals surface area contributed by atoms with Crippen LogP contribution >= 0.6 is 0 Å². The number of ether oxygens (including phenoxy) is 1. The van der Waals surface area contributed by atoms with Crippen molar-refractivity contribution >= 4 is 16.9 Å². The minimum atomic E-state index is -0.327. The molecule has 0 aliphatic heterocycles. The molecule has 120 valence electrons. The van der Waals surface area contributed by atoms with Gasteiger partial charge in [0.05, 0.1) is 13.7 Å². The van der Waals surface area contributed by atoms with Crippen LogP contribution in [0.4, 0.5) is 0 Å². The van der Waals surface area contributed by atoms with Gasteiger partial charge in [0.1, 0.15) is 6.04 Å². The van der Waals surface area contributed by atoms with Crippen molar-refractivity contribution < 1.29 is 14.6 Å². The van der Waals surface area contributed by atoms with Gasteiger partial charge < -0.3 is 14.4 Å². The Balaban J connectivity index is 2.32. The number of fused-ring (bicyclic) bond motifs is 1. The molecule has 0 saturated heterocycles. The monoisotopic (exact) mass is 303 g/mol. The third kappa shape index (κ3) is 3.50. The van der Waals surface area contributed by atoms with Crippen molar-refractivity contribution in [2.45, 2.75) is 51.7 Å². The Bertz CT molecular complexity index is 618. The number of aliphatic hydroxyl groups excluding tert-OH is 1. The second-order valence-electron chi connectivity index (χ2n) is 5.63. The molecule has 0 bridgehead atoms. The molecule has 2 rings (SSSR count). The summed E-state index contributed by atoms with van der Waals surface area (Å²) in [6, 6.07) is 7.53. The zero-order valence-electron chi connectivity index (χ0n) is 13.4. The normalized spacial score (nSPS) is 12.5. The highest BCUT2D eigenvalue weighted by molar-refractivity contribution is 5.86. The van der Waals surface area contributed by atoms with Crippen LogP contribution in [-0.2, 0) is 16.1 Å². The number of esters is 1. The number of carbonyl (C=O) groups is 1. The Kier molecular flexibility index (Phi) is 6.01. The predicted molar refractivity (Wildman–Crippen MR) is 87.7 cm³/mol. The van der Waals surface area contributed by atoms with Crippen LogP contribution in [0, 0.1) is 0 Å². The van der Waals surface area contributed by atoms with Crippen LogP contribution in [0.2, 0.25) is 0 Å². The van der Waals surface area contributed by atoms with E-state index in [0.29, 0.717) is 0 Å². The van der Waals surface area contributed by atoms with E-state index in [-0.39, 0.29) is 18.6 Å². The topological polar surface area (TPSA) is 51.5 Å². The molecule has 0 spiro atoms. The number of benzene rings is 1. The highest BCUT2D eigenvalue weighted by Gasteiger charge is 2.23. The van der Waals surface area contributed by atoms with Crippen molar-refractivity contribution in [2.75, 3.05) is 7.11 Å². The lowest BCUT2D eigenvalue weighted by atomic mass is 10.1. The fourth-order valence-corrected chi connectivity index (χ4v) is 2.93. The summed E-state index contributed by atoms with van der Waals surface area (Å²) in [5.74, 6) is -0.221. The van der Waals surface area contributed by atoms with Crippen molar-refractivity contribution in [3.63, 3.8) is 0 Å². The van der Waals surface area contributed by atoms with Gasteiger partial charge in [0.2, 0.25) is 0 Å². The van der Waals surface area contributed by atoms with Crippen molar-refractivity contribution in [3.05, 3.63) is 36.0 Å². The van der Waals surface area contributed by atoms with E-state index in [4.69, 9.17) is 4.74 Å². The Hall–Kier alpha value is -1.81. The van der Waals surface area contributed by atoms with Crippen LogP contribution in [0.1, 0.15) is 50.6 Å². The van der Waals surface area contributed by atoms with Gasteiger partial charge in [-0.25, -0.2) is 4.79 Å². The van der Waals surface area contributed by atoms with E-state index >= 15 is 0 Å². The molecule has 0 amide bonds. The average molecular weight is 303 g/mol. The second-order valence-corrected chi connectivity index (χ2v) is 5.63. The summed E-state index contributed by atoms with van der Waals surface area (Å²) in [7, 11) is 1.43. The number of aromatic nitrogens is 1. The molecule has 0 aliphatic rings. The molecule has 0 fully saturated rings. The van der Waals surface area contributed by atoms with Gasteiger partial charge in [-0.05, 0) is 12.5 Å². The molecule has 1 atom stereocenters. The minimum Gasteiger partial charge on any atom is -0.467 e. The lowest BCUT2D eigenvalue weighted by Crippen LogP contribution is -2.20. The standard InChI is InChI=1S/C18H25NO3/c1-3-4-5-6-11-17(18(21)22-2)19-12-14(13-20)15-9-7-8-10-16(15)19/h7-10,12,17,20H,3-6,11,13H2,1-2H3. The quantitative estimate of drug-likeness (QED) is 0.596. The second kappa shape index (κ2) is 7.99. The van der Waals surface area contributed by atoms with Crippen LogP contribution < -0.4 is 0 Å². The van der Waals surface area contributed by atoms with Gasteiger partial charge in [0, 0.05) is 22.7 Å². The average Bonchev–Trinajstić information content (AvgIpc) is 2.93. The highest BCUT2D eigenvalue weighted by atomic mass is 16.5. The number of para-hydroxylation sites is 1. The van der Waals surface area contributed by atoms with Crippen molar-refractivity contribution in [1.82, 2.24) is 4.57 Å². The molecule has 4 nitrogen and oxygen atoms in total. The minimum absolute atomic E-state index is 0.0305. The van der Waals surface area contributed by atoms with Gasteiger partial charge in [-0.2, -0.15) is 0 Å². The molecular weight excluding hydrogens is 278 g/mol. The SMILES string of the molecule is CCCCCCC(C(=O)OC)n1cc(CO)c2ccccc21. The van der Waals surface area contributed by atoms with Crippen molar-refractivity contribution in [1.29, 1.82) is 0 Å². The first kappa shape index (κ1) is 16.6. The van der Waals surface area contributed by atoms with Crippen molar-refractivity contribution in [2.24, 2.45) is 0 Å². The number of carbonyl (C=O) groups excluding carboxylic acids is 1. The summed E-state index contributed by atoms with van der Waals surface area (Å²) in [5, 5.41) is 10.5. The van der Waals surface area contributed by atoms with Gasteiger partial charge in [-0.1, -0.05) is 50.8 Å². The van der Waals surface area contributed by atoms with E-state index in [1.807, 2.05) is 35.0 Å². The van der Waals surface area contributed by atoms with Crippen LogP contribution in [-0.4, -0.2) is 22.8 Å². The Morgan fingerprint density at radius 3 is 2.73 bits per heavy atom. The molecule has 1 heterocycles. The number of rotatable bonds is 8. The van der Waals surface area contributed by atoms with Gasteiger partial charge in [-0.15, -0.1) is 0 Å². The third-order valence-corrected chi connectivity index (χ3v) is 4.13. The molecule has 2 aromatic rings. The molecule has 4 heteroatoms. The number of hydrogen-bond donors (Lipinski definition) is 1. The number of hydrogen-bond acceptors (Lipinski definition) is 3. The zero-order valence-corrected chi connectivity index (χ0v) is 13.4. The Labute approximate surface area is 131 Å². The first-order valence-electron chi connectivity index (χ1n) is 8.00. The number of unbranched alkanes of at least 4 members (excludes halogenated alkanes) is 3. The number of nitrogens with zero attached hydrogens (tertiary/aromatic N) is 1. The Morgan fingerprint density at radius 2 is 2.05 bits per heavy atom. The first-order valence-corrected chi connectivity index (χ1v) is 8.00. The van der Waals surface area contributed by atoms with Gasteiger partial charge >= 0.3 is 5.97 Å². The van der Waals surface area contributed by atoms with Crippen LogP contribution in [0.5, 0.6) is 0 Å². The van der Waals surface area contributed by atoms with Gasteiger partial charge in [0.25, 0.3) is 0 Å². The molecule has 0 aliphatic carbocycles. The summed E-state index contributed by atoms with van der Waals surface area (Å²) >= 11 is 0. The summed E-state index contributed by atoms with van der Waals surface area (Å²) in [4.78, 5) is 12.2. The van der Waals surface area contributed by atoms with Crippen LogP contribution in [0.3, 0.4) is 0 Å². The molecule has 1 unspecified atom stereocenters. The first-order chi connectivity index (χ1) is 10.7. The lowest BCUT2D eigenvalue weighted by Gasteiger charge is -2.18. The number of aliphatic hydroxyl groups is 1. The predicted octanol–water partition coefficient (Wildman–Crippen LogP) is 3.82. The smallest absolute Gasteiger partial charge is 0.328 e. The fourth-order valence-electron chi connectivity index (χ4n) is 2.93. The maximum Gasteiger partial charge on any atom is 0.328 e. The van der Waals surface area contributed by atoms with Gasteiger partial charge in [-0.3, -0.25) is 0 Å². The van der Waals surface area contributed by atoms with E-state index in [1.54, 1.807) is 0 Å². The van der Waals surface area contributed by atoms with Crippen LogP contribution in [0.15, 0.2) is 30.5 Å². The largest absolute Gasteiger partial charge is 0.467 e. The number of methoxy groups -OCH3 is 1. The lowest BCUT2D eigenvalue weighted by molar-refractivity contribution is -0.144. The molecule has 1 aromatic heterocycles. The van der Waals surface area contributed by atoms with Crippen LogP contribution in [0.25, 0.3) is 10.9 Å². The summed E-state index contributed by atoms with van der Waals surface area (Å²) in [6.45, 7) is 2.14. The Morgan fingerprint density at radius 1 is 1.27 bits per heavy atom. The molecule has 0 radical (unpaired) electrons. The fraction of sp³-hybridized carbons (Fsp3) is 0.500. The molecule has 0 saturated carbocycles. The van der Waals surface area contributed by atoms with Crippen molar-refractivity contribution in [3.8, 4) is 0 Å². The van der Waals surface area contributed by atoms with Gasteiger partial charge in [0.15, 0.2) is 0 Å². The zero-order chi connectivity index (χ0) is 15.9. The summed E-state index contributed by atoms with van der Waals surface area (Å²) < 4.78 is 6.95.